The number of anilines is 1. The Hall–Kier alpha value is -3.61. The fraction of sp³-hybridized carbons (Fsp3) is 0.150. The number of nitrogens with zero attached hydrogens (tertiary/aromatic N) is 1. The third kappa shape index (κ3) is 3.52. The zero-order valence-electron chi connectivity index (χ0n) is 14.5. The molecular weight excluding hydrogens is 348 g/mol. The first-order valence-corrected chi connectivity index (χ1v) is 8.37. The van der Waals surface area contributed by atoms with Crippen molar-refractivity contribution in [1.29, 1.82) is 0 Å². The number of amides is 1. The molecule has 0 saturated heterocycles. The molecule has 1 amide bonds. The fourth-order valence-corrected chi connectivity index (χ4v) is 2.67. The lowest BCUT2D eigenvalue weighted by atomic mass is 10.2. The van der Waals surface area contributed by atoms with Gasteiger partial charge < -0.3 is 19.5 Å². The molecule has 1 aromatic heterocycles. The largest absolute Gasteiger partial charge is 0.454 e. The van der Waals surface area contributed by atoms with Gasteiger partial charge in [-0.1, -0.05) is 24.3 Å². The van der Waals surface area contributed by atoms with Crippen LogP contribution in [0.2, 0.25) is 0 Å². The van der Waals surface area contributed by atoms with Gasteiger partial charge in [0.2, 0.25) is 6.79 Å². The van der Waals surface area contributed by atoms with Crippen LogP contribution in [-0.2, 0) is 9.53 Å². The summed E-state index contributed by atoms with van der Waals surface area (Å²) in [5.74, 6) is 0.0600. The van der Waals surface area contributed by atoms with Crippen LogP contribution in [0, 0.1) is 0 Å². The second-order valence-electron chi connectivity index (χ2n) is 5.99. The van der Waals surface area contributed by atoms with Crippen LogP contribution in [0.3, 0.4) is 0 Å². The van der Waals surface area contributed by atoms with E-state index in [1.54, 1.807) is 30.3 Å². The van der Waals surface area contributed by atoms with Gasteiger partial charge in [-0.3, -0.25) is 4.79 Å². The third-order valence-electron chi connectivity index (χ3n) is 4.10. The molecule has 0 aliphatic carbocycles. The summed E-state index contributed by atoms with van der Waals surface area (Å²) in [4.78, 5) is 28.9. The van der Waals surface area contributed by atoms with Crippen molar-refractivity contribution in [2.24, 2.45) is 0 Å². The van der Waals surface area contributed by atoms with Crippen LogP contribution < -0.4 is 14.8 Å². The van der Waals surface area contributed by atoms with E-state index < -0.39 is 18.0 Å². The lowest BCUT2D eigenvalue weighted by Crippen LogP contribution is -2.30. The number of hydrogen-bond acceptors (Lipinski definition) is 6. The van der Waals surface area contributed by atoms with Crippen molar-refractivity contribution in [3.8, 4) is 11.5 Å². The van der Waals surface area contributed by atoms with E-state index in [2.05, 4.69) is 10.3 Å². The average Bonchev–Trinajstić information content (AvgIpc) is 3.15. The summed E-state index contributed by atoms with van der Waals surface area (Å²) in [5.41, 5.74) is 1.36. The Balaban J connectivity index is 1.42. The van der Waals surface area contributed by atoms with Crippen LogP contribution in [0.25, 0.3) is 10.9 Å². The summed E-state index contributed by atoms with van der Waals surface area (Å²) in [6, 6.07) is 15.8. The maximum Gasteiger partial charge on any atom is 0.357 e. The first-order chi connectivity index (χ1) is 13.1. The Labute approximate surface area is 154 Å². The lowest BCUT2D eigenvalue weighted by Gasteiger charge is -2.13. The van der Waals surface area contributed by atoms with E-state index in [4.69, 9.17) is 14.2 Å². The predicted octanol–water partition coefficient (Wildman–Crippen LogP) is 3.15. The number of ether oxygens (including phenoxy) is 3. The molecule has 2 aromatic carbocycles. The fourth-order valence-electron chi connectivity index (χ4n) is 2.67. The van der Waals surface area contributed by atoms with Gasteiger partial charge in [-0.2, -0.15) is 0 Å². The van der Waals surface area contributed by atoms with Crippen molar-refractivity contribution in [2.75, 3.05) is 12.1 Å². The molecule has 0 fully saturated rings. The third-order valence-corrected chi connectivity index (χ3v) is 4.10. The molecular formula is C20H16N2O5. The molecule has 27 heavy (non-hydrogen) atoms. The number of rotatable bonds is 4. The number of benzene rings is 2. The van der Waals surface area contributed by atoms with Gasteiger partial charge in [0, 0.05) is 17.1 Å². The van der Waals surface area contributed by atoms with Gasteiger partial charge in [-0.15, -0.1) is 0 Å². The number of pyridine rings is 1. The molecule has 0 unspecified atom stereocenters. The monoisotopic (exact) mass is 364 g/mol. The molecule has 7 nitrogen and oxygen atoms in total. The van der Waals surface area contributed by atoms with Gasteiger partial charge in [0.25, 0.3) is 5.91 Å². The topological polar surface area (TPSA) is 86.8 Å². The Morgan fingerprint density at radius 1 is 1.07 bits per heavy atom. The molecule has 0 bridgehead atoms. The maximum absolute atomic E-state index is 12.3. The molecule has 1 atom stereocenters. The number of esters is 1. The molecule has 2 heterocycles. The summed E-state index contributed by atoms with van der Waals surface area (Å²) in [5, 5.41) is 3.60. The van der Waals surface area contributed by atoms with Crippen LogP contribution in [0.1, 0.15) is 17.4 Å². The summed E-state index contributed by atoms with van der Waals surface area (Å²) in [6.45, 7) is 1.65. The highest BCUT2D eigenvalue weighted by atomic mass is 16.7. The molecule has 7 heteroatoms. The zero-order chi connectivity index (χ0) is 18.8. The maximum atomic E-state index is 12.3. The average molecular weight is 364 g/mol. The van der Waals surface area contributed by atoms with Crippen molar-refractivity contribution in [3.63, 3.8) is 0 Å². The summed E-state index contributed by atoms with van der Waals surface area (Å²) in [7, 11) is 0. The minimum absolute atomic E-state index is 0.149. The van der Waals surface area contributed by atoms with Gasteiger partial charge in [0.1, 0.15) is 5.69 Å². The van der Waals surface area contributed by atoms with Crippen LogP contribution in [0.5, 0.6) is 11.5 Å². The molecule has 1 N–H and O–H groups in total. The number of nitrogens with one attached hydrogen (secondary N) is 1. The molecule has 4 rings (SSSR count). The Morgan fingerprint density at radius 3 is 2.78 bits per heavy atom. The van der Waals surface area contributed by atoms with Crippen LogP contribution >= 0.6 is 0 Å². The van der Waals surface area contributed by atoms with Crippen molar-refractivity contribution < 1.29 is 23.8 Å². The van der Waals surface area contributed by atoms with Gasteiger partial charge in [0.15, 0.2) is 17.6 Å². The Kier molecular flexibility index (Phi) is 4.33. The number of hydrogen-bond donors (Lipinski definition) is 1. The highest BCUT2D eigenvalue weighted by molar-refractivity contribution is 5.97. The van der Waals surface area contributed by atoms with E-state index in [1.807, 2.05) is 24.3 Å². The predicted molar refractivity (Wildman–Crippen MR) is 97.8 cm³/mol. The smallest absolute Gasteiger partial charge is 0.357 e. The molecule has 1 aliphatic rings. The highest BCUT2D eigenvalue weighted by Crippen LogP contribution is 2.34. The number of para-hydroxylation sites is 1. The van der Waals surface area contributed by atoms with Crippen LogP contribution in [0.4, 0.5) is 5.69 Å². The number of carbonyl (C=O) groups is 2. The van der Waals surface area contributed by atoms with E-state index in [0.29, 0.717) is 22.7 Å². The van der Waals surface area contributed by atoms with Crippen molar-refractivity contribution in [2.45, 2.75) is 13.0 Å². The summed E-state index contributed by atoms with van der Waals surface area (Å²) >= 11 is 0. The highest BCUT2D eigenvalue weighted by Gasteiger charge is 2.21. The minimum atomic E-state index is -0.990. The van der Waals surface area contributed by atoms with E-state index in [1.165, 1.54) is 6.92 Å². The zero-order valence-corrected chi connectivity index (χ0v) is 14.5. The van der Waals surface area contributed by atoms with Crippen molar-refractivity contribution >= 4 is 28.5 Å². The second kappa shape index (κ2) is 6.95. The summed E-state index contributed by atoms with van der Waals surface area (Å²) in [6.07, 6.45) is -0.990. The molecule has 0 radical (unpaired) electrons. The SMILES string of the molecule is C[C@@H](OC(=O)c1ccc2ccccc2n1)C(=O)Nc1ccc2c(c1)OCO2. The number of aromatic nitrogens is 1. The van der Waals surface area contributed by atoms with E-state index in [9.17, 15) is 9.59 Å². The van der Waals surface area contributed by atoms with Crippen LogP contribution in [0.15, 0.2) is 54.6 Å². The van der Waals surface area contributed by atoms with Crippen molar-refractivity contribution in [1.82, 2.24) is 4.98 Å². The van der Waals surface area contributed by atoms with E-state index in [0.717, 1.165) is 5.39 Å². The standard InChI is InChI=1S/C20H16N2O5/c1-12(19(23)21-14-7-9-17-18(10-14)26-11-25-17)27-20(24)16-8-6-13-4-2-3-5-15(13)22-16/h2-10,12H,11H2,1H3,(H,21,23)/t12-/m1/s1. The van der Waals surface area contributed by atoms with Gasteiger partial charge in [-0.25, -0.2) is 9.78 Å². The molecule has 0 saturated carbocycles. The molecule has 0 spiro atoms. The van der Waals surface area contributed by atoms with Gasteiger partial charge in [-0.05, 0) is 31.2 Å². The lowest BCUT2D eigenvalue weighted by molar-refractivity contribution is -0.123. The molecule has 3 aromatic rings. The summed E-state index contributed by atoms with van der Waals surface area (Å²) < 4.78 is 15.7. The van der Waals surface area contributed by atoms with Crippen LogP contribution in [-0.4, -0.2) is 29.8 Å². The quantitative estimate of drug-likeness (QED) is 0.716. The normalized spacial score (nSPS) is 13.2. The van der Waals surface area contributed by atoms with E-state index in [-0.39, 0.29) is 12.5 Å². The number of fused-ring (bicyclic) bond motifs is 2. The Bertz CT molecular complexity index is 1030. The molecule has 136 valence electrons. The minimum Gasteiger partial charge on any atom is -0.454 e. The van der Waals surface area contributed by atoms with E-state index >= 15 is 0 Å². The van der Waals surface area contributed by atoms with Gasteiger partial charge >= 0.3 is 5.97 Å². The van der Waals surface area contributed by atoms with Crippen molar-refractivity contribution in [3.05, 3.63) is 60.3 Å². The first kappa shape index (κ1) is 16.8. The Morgan fingerprint density at radius 2 is 1.89 bits per heavy atom. The van der Waals surface area contributed by atoms with Gasteiger partial charge in [0.05, 0.1) is 5.52 Å². The number of carbonyl (C=O) groups excluding carboxylic acids is 2. The first-order valence-electron chi connectivity index (χ1n) is 8.37. The molecule has 1 aliphatic heterocycles. The second-order valence-corrected chi connectivity index (χ2v) is 5.99.